The Bertz CT molecular complexity index is 965. The number of ether oxygens (including phenoxy) is 2. The summed E-state index contributed by atoms with van der Waals surface area (Å²) in [7, 11) is -4.38. The molecule has 0 rings (SSSR count). The predicted octanol–water partition coefficient (Wildman–Crippen LogP) is 10.8. The molecule has 0 aromatic rings. The Balaban J connectivity index is 4.26. The summed E-state index contributed by atoms with van der Waals surface area (Å²) in [4.78, 5) is 34.7. The smallest absolute Gasteiger partial charge is 0.462 e. The van der Waals surface area contributed by atoms with Gasteiger partial charge in [-0.15, -0.1) is 0 Å². The van der Waals surface area contributed by atoms with E-state index >= 15 is 0 Å². The fourth-order valence-corrected chi connectivity index (χ4v) is 5.86. The quantitative estimate of drug-likeness (QED) is 0.0280. The molecule has 2 unspecified atom stereocenters. The van der Waals surface area contributed by atoms with E-state index in [0.717, 1.165) is 70.6 Å². The van der Waals surface area contributed by atoms with E-state index in [9.17, 15) is 19.0 Å². The van der Waals surface area contributed by atoms with Gasteiger partial charge in [-0.25, -0.2) is 4.57 Å². The van der Waals surface area contributed by atoms with E-state index in [4.69, 9.17) is 24.3 Å². The van der Waals surface area contributed by atoms with Gasteiger partial charge in [0, 0.05) is 19.4 Å². The maximum atomic E-state index is 12.5. The van der Waals surface area contributed by atoms with E-state index in [-0.39, 0.29) is 32.6 Å². The molecule has 0 saturated heterocycles. The molecule has 0 fully saturated rings. The van der Waals surface area contributed by atoms with Crippen molar-refractivity contribution >= 4 is 19.8 Å². The lowest BCUT2D eigenvalue weighted by Crippen LogP contribution is -2.29. The maximum absolute atomic E-state index is 12.5. The van der Waals surface area contributed by atoms with Gasteiger partial charge in [-0.1, -0.05) is 146 Å². The Morgan fingerprint density at radius 1 is 0.620 bits per heavy atom. The highest BCUT2D eigenvalue weighted by Gasteiger charge is 2.25. The number of nitrogens with two attached hydrogens (primary N) is 1. The largest absolute Gasteiger partial charge is 0.472 e. The van der Waals surface area contributed by atoms with Gasteiger partial charge in [-0.05, 0) is 51.4 Å². The lowest BCUT2D eigenvalue weighted by atomic mass is 10.0. The standard InChI is InChI=1S/C40H72NO8P/c1-3-5-7-9-11-13-15-17-18-19-20-21-23-25-27-29-31-33-40(43)49-38(37-48-50(44,45)47-35-34-41)36-46-39(42)32-30-28-26-24-22-16-14-12-10-8-6-4-2/h5,7,11,13,17-18,20-21,38H,3-4,6,8-10,12,14-16,19,22-37,41H2,1-2H3,(H,44,45). The van der Waals surface area contributed by atoms with Gasteiger partial charge in [0.15, 0.2) is 6.10 Å². The SMILES string of the molecule is CCC=CCC=CCC=CCC=CCCCCCCC(=O)OC(COC(=O)CCCCCCCCCCCCCC)COP(=O)(O)OCCN. The Hall–Kier alpha value is -2.03. The zero-order valence-corrected chi connectivity index (χ0v) is 32.5. The Kier molecular flexibility index (Phi) is 35.3. The van der Waals surface area contributed by atoms with Crippen LogP contribution in [0, 0.1) is 0 Å². The van der Waals surface area contributed by atoms with Crippen molar-refractivity contribution in [1.29, 1.82) is 0 Å². The third-order valence-corrected chi connectivity index (χ3v) is 8.96. The topological polar surface area (TPSA) is 134 Å². The van der Waals surface area contributed by atoms with Gasteiger partial charge in [0.25, 0.3) is 0 Å². The normalized spacial score (nSPS) is 13.9. The van der Waals surface area contributed by atoms with Crippen LogP contribution in [0.3, 0.4) is 0 Å². The first-order valence-corrected chi connectivity index (χ1v) is 21.1. The van der Waals surface area contributed by atoms with Crippen molar-refractivity contribution in [3.8, 4) is 0 Å². The molecule has 0 aromatic heterocycles. The number of phosphoric ester groups is 1. The molecule has 0 aromatic carbocycles. The van der Waals surface area contributed by atoms with Crippen LogP contribution in [0.25, 0.3) is 0 Å². The van der Waals surface area contributed by atoms with E-state index in [1.54, 1.807) is 0 Å². The number of unbranched alkanes of at least 4 members (excludes halogenated alkanes) is 15. The maximum Gasteiger partial charge on any atom is 0.472 e. The lowest BCUT2D eigenvalue weighted by molar-refractivity contribution is -0.161. The molecular formula is C40H72NO8P. The first-order chi connectivity index (χ1) is 24.3. The zero-order chi connectivity index (χ0) is 36.8. The highest BCUT2D eigenvalue weighted by molar-refractivity contribution is 7.47. The number of carbonyl (C=O) groups excluding carboxylic acids is 2. The second-order valence-corrected chi connectivity index (χ2v) is 14.2. The molecule has 0 saturated carbocycles. The minimum atomic E-state index is -4.38. The number of carbonyl (C=O) groups is 2. The molecule has 0 aliphatic heterocycles. The van der Waals surface area contributed by atoms with Crippen molar-refractivity contribution in [3.05, 3.63) is 48.6 Å². The van der Waals surface area contributed by atoms with Crippen molar-refractivity contribution < 1.29 is 37.6 Å². The van der Waals surface area contributed by atoms with E-state index in [2.05, 4.69) is 62.5 Å². The van der Waals surface area contributed by atoms with Crippen molar-refractivity contribution in [2.45, 2.75) is 168 Å². The van der Waals surface area contributed by atoms with Crippen LogP contribution in [0.4, 0.5) is 0 Å². The second-order valence-electron chi connectivity index (χ2n) is 12.8. The number of rotatable bonds is 36. The fourth-order valence-electron chi connectivity index (χ4n) is 5.09. The van der Waals surface area contributed by atoms with E-state index in [1.165, 1.54) is 57.8 Å². The third-order valence-electron chi connectivity index (χ3n) is 7.98. The molecular weight excluding hydrogens is 653 g/mol. The molecule has 2 atom stereocenters. The van der Waals surface area contributed by atoms with Gasteiger partial charge >= 0.3 is 19.8 Å². The van der Waals surface area contributed by atoms with Gasteiger partial charge in [0.1, 0.15) is 6.61 Å². The first kappa shape index (κ1) is 48.0. The van der Waals surface area contributed by atoms with Gasteiger partial charge in [0.05, 0.1) is 13.2 Å². The predicted molar refractivity (Wildman–Crippen MR) is 206 cm³/mol. The number of allylic oxidation sites excluding steroid dienone is 8. The Morgan fingerprint density at radius 2 is 1.10 bits per heavy atom. The zero-order valence-electron chi connectivity index (χ0n) is 31.6. The highest BCUT2D eigenvalue weighted by atomic mass is 31.2. The lowest BCUT2D eigenvalue weighted by Gasteiger charge is -2.19. The van der Waals surface area contributed by atoms with Crippen LogP contribution in [0.5, 0.6) is 0 Å². The van der Waals surface area contributed by atoms with Crippen LogP contribution in [-0.4, -0.2) is 49.3 Å². The van der Waals surface area contributed by atoms with Crippen molar-refractivity contribution in [2.75, 3.05) is 26.4 Å². The number of hydrogen-bond donors (Lipinski definition) is 2. The Morgan fingerprint density at radius 3 is 1.64 bits per heavy atom. The highest BCUT2D eigenvalue weighted by Crippen LogP contribution is 2.43. The summed E-state index contributed by atoms with van der Waals surface area (Å²) in [5.41, 5.74) is 5.33. The molecule has 290 valence electrons. The van der Waals surface area contributed by atoms with E-state index < -0.39 is 32.5 Å². The first-order valence-electron chi connectivity index (χ1n) is 19.6. The number of phosphoric acid groups is 1. The molecule has 0 amide bonds. The summed E-state index contributed by atoms with van der Waals surface area (Å²) in [6, 6.07) is 0. The van der Waals surface area contributed by atoms with Crippen molar-refractivity contribution in [2.24, 2.45) is 5.73 Å². The fraction of sp³-hybridized carbons (Fsp3) is 0.750. The van der Waals surface area contributed by atoms with Crippen molar-refractivity contribution in [1.82, 2.24) is 0 Å². The molecule has 0 aliphatic rings. The molecule has 0 aliphatic carbocycles. The molecule has 10 heteroatoms. The molecule has 50 heavy (non-hydrogen) atoms. The van der Waals surface area contributed by atoms with Gasteiger partial charge in [-0.3, -0.25) is 18.6 Å². The molecule has 0 radical (unpaired) electrons. The van der Waals surface area contributed by atoms with E-state index in [1.807, 2.05) is 0 Å². The minimum absolute atomic E-state index is 0.0481. The third kappa shape index (κ3) is 35.8. The summed E-state index contributed by atoms with van der Waals surface area (Å²) in [6.07, 6.45) is 39.9. The summed E-state index contributed by atoms with van der Waals surface area (Å²) in [5, 5.41) is 0. The molecule has 3 N–H and O–H groups in total. The summed E-state index contributed by atoms with van der Waals surface area (Å²) >= 11 is 0. The van der Waals surface area contributed by atoms with Gasteiger partial charge < -0.3 is 20.1 Å². The molecule has 0 bridgehead atoms. The second kappa shape index (κ2) is 36.8. The van der Waals surface area contributed by atoms with Gasteiger partial charge in [0.2, 0.25) is 0 Å². The van der Waals surface area contributed by atoms with Crippen LogP contribution in [0.1, 0.15) is 162 Å². The molecule has 0 spiro atoms. The average Bonchev–Trinajstić information content (AvgIpc) is 3.10. The summed E-state index contributed by atoms with van der Waals surface area (Å²) < 4.78 is 32.6. The van der Waals surface area contributed by atoms with E-state index in [0.29, 0.717) is 6.42 Å². The summed E-state index contributed by atoms with van der Waals surface area (Å²) in [5.74, 6) is -0.858. The van der Waals surface area contributed by atoms with Crippen LogP contribution in [0.15, 0.2) is 48.6 Å². The van der Waals surface area contributed by atoms with Crippen LogP contribution < -0.4 is 5.73 Å². The number of hydrogen-bond acceptors (Lipinski definition) is 8. The van der Waals surface area contributed by atoms with Crippen LogP contribution in [0.2, 0.25) is 0 Å². The van der Waals surface area contributed by atoms with Crippen LogP contribution in [-0.2, 0) is 32.7 Å². The average molecular weight is 726 g/mol. The Labute approximate surface area is 305 Å². The van der Waals surface area contributed by atoms with Gasteiger partial charge in [-0.2, -0.15) is 0 Å². The summed E-state index contributed by atoms with van der Waals surface area (Å²) in [6.45, 7) is 3.57. The number of esters is 2. The monoisotopic (exact) mass is 725 g/mol. The van der Waals surface area contributed by atoms with Crippen molar-refractivity contribution in [3.63, 3.8) is 0 Å². The minimum Gasteiger partial charge on any atom is -0.462 e. The van der Waals surface area contributed by atoms with Crippen LogP contribution >= 0.6 is 7.82 Å². The molecule has 9 nitrogen and oxygen atoms in total. The molecule has 0 heterocycles.